The molecule has 1 rings (SSSR count). The normalized spacial score (nSPS) is 12.5. The number of methoxy groups -OCH3 is 1. The van der Waals surface area contributed by atoms with Crippen molar-refractivity contribution in [2.45, 2.75) is 24.3 Å². The molecule has 0 heterocycles. The number of hydrogen-bond donors (Lipinski definition) is 1. The van der Waals surface area contributed by atoms with Gasteiger partial charge in [-0.1, -0.05) is 13.0 Å². The first kappa shape index (κ1) is 12.4. The predicted molar refractivity (Wildman–Crippen MR) is 66.9 cm³/mol. The first-order valence-corrected chi connectivity index (χ1v) is 6.22. The topological polar surface area (TPSA) is 21.3 Å². The van der Waals surface area contributed by atoms with Crippen LogP contribution in [0.25, 0.3) is 0 Å². The number of nitrogens with one attached hydrogen (secondary N) is 1. The summed E-state index contributed by atoms with van der Waals surface area (Å²) >= 11 is 1.86. The molecule has 15 heavy (non-hydrogen) atoms. The first-order valence-electron chi connectivity index (χ1n) is 5.24. The maximum atomic E-state index is 5.19. The highest BCUT2D eigenvalue weighted by Crippen LogP contribution is 2.23. The van der Waals surface area contributed by atoms with Crippen molar-refractivity contribution in [1.29, 1.82) is 0 Å². The molecule has 0 aliphatic carbocycles. The van der Waals surface area contributed by atoms with Gasteiger partial charge in [0.2, 0.25) is 0 Å². The Morgan fingerprint density at radius 2 is 2.27 bits per heavy atom. The monoisotopic (exact) mass is 225 g/mol. The molecule has 0 radical (unpaired) electrons. The van der Waals surface area contributed by atoms with Gasteiger partial charge in [-0.15, -0.1) is 11.8 Å². The van der Waals surface area contributed by atoms with Gasteiger partial charge in [0, 0.05) is 16.7 Å². The minimum Gasteiger partial charge on any atom is -0.497 e. The number of benzene rings is 1. The molecule has 1 atom stereocenters. The van der Waals surface area contributed by atoms with Crippen LogP contribution in [0.4, 0.5) is 0 Å². The zero-order chi connectivity index (χ0) is 11.1. The van der Waals surface area contributed by atoms with Crippen molar-refractivity contribution >= 4 is 11.8 Å². The molecule has 1 aromatic carbocycles. The SMILES string of the molecule is CCC(CSc1cccc(OC)c1)NC. The average molecular weight is 225 g/mol. The fourth-order valence-electron chi connectivity index (χ4n) is 1.29. The van der Waals surface area contributed by atoms with Gasteiger partial charge in [0.05, 0.1) is 7.11 Å². The summed E-state index contributed by atoms with van der Waals surface area (Å²) in [5.41, 5.74) is 0. The highest BCUT2D eigenvalue weighted by molar-refractivity contribution is 7.99. The van der Waals surface area contributed by atoms with Gasteiger partial charge in [-0.05, 0) is 31.7 Å². The second-order valence-electron chi connectivity index (χ2n) is 3.38. The third kappa shape index (κ3) is 4.14. The fourth-order valence-corrected chi connectivity index (χ4v) is 2.46. The van der Waals surface area contributed by atoms with Crippen LogP contribution in [0.1, 0.15) is 13.3 Å². The van der Waals surface area contributed by atoms with E-state index in [9.17, 15) is 0 Å². The summed E-state index contributed by atoms with van der Waals surface area (Å²) in [5, 5.41) is 3.30. The molecule has 0 spiro atoms. The second kappa shape index (κ2) is 6.75. The van der Waals surface area contributed by atoms with Crippen LogP contribution >= 0.6 is 11.8 Å². The minimum absolute atomic E-state index is 0.584. The van der Waals surface area contributed by atoms with E-state index in [2.05, 4.69) is 24.4 Å². The van der Waals surface area contributed by atoms with Gasteiger partial charge in [0.1, 0.15) is 5.75 Å². The Labute approximate surface area is 96.4 Å². The van der Waals surface area contributed by atoms with Crippen LogP contribution in [-0.2, 0) is 0 Å². The highest BCUT2D eigenvalue weighted by atomic mass is 32.2. The zero-order valence-corrected chi connectivity index (χ0v) is 10.4. The molecule has 0 aromatic heterocycles. The number of hydrogen-bond acceptors (Lipinski definition) is 3. The zero-order valence-electron chi connectivity index (χ0n) is 9.62. The Balaban J connectivity index is 2.49. The number of ether oxygens (including phenoxy) is 1. The third-order valence-electron chi connectivity index (χ3n) is 2.39. The molecular weight excluding hydrogens is 206 g/mol. The van der Waals surface area contributed by atoms with Gasteiger partial charge >= 0.3 is 0 Å². The maximum absolute atomic E-state index is 5.19. The molecule has 0 aliphatic heterocycles. The number of thioether (sulfide) groups is 1. The molecular formula is C12H19NOS. The molecule has 0 amide bonds. The van der Waals surface area contributed by atoms with Gasteiger partial charge in [-0.2, -0.15) is 0 Å². The minimum atomic E-state index is 0.584. The van der Waals surface area contributed by atoms with Crippen LogP contribution in [0, 0.1) is 0 Å². The van der Waals surface area contributed by atoms with Crippen molar-refractivity contribution in [3.63, 3.8) is 0 Å². The van der Waals surface area contributed by atoms with E-state index in [0.717, 1.165) is 17.9 Å². The number of rotatable bonds is 6. The van der Waals surface area contributed by atoms with E-state index in [0.29, 0.717) is 6.04 Å². The van der Waals surface area contributed by atoms with Crippen LogP contribution in [0.5, 0.6) is 5.75 Å². The molecule has 1 N–H and O–H groups in total. The summed E-state index contributed by atoms with van der Waals surface area (Å²) in [7, 11) is 3.71. The largest absolute Gasteiger partial charge is 0.497 e. The fraction of sp³-hybridized carbons (Fsp3) is 0.500. The lowest BCUT2D eigenvalue weighted by molar-refractivity contribution is 0.413. The summed E-state index contributed by atoms with van der Waals surface area (Å²) in [5.74, 6) is 2.03. The van der Waals surface area contributed by atoms with Crippen molar-refractivity contribution in [1.82, 2.24) is 5.32 Å². The Kier molecular flexibility index (Phi) is 5.58. The molecule has 0 saturated heterocycles. The molecule has 0 bridgehead atoms. The van der Waals surface area contributed by atoms with Crippen LogP contribution < -0.4 is 10.1 Å². The van der Waals surface area contributed by atoms with Crippen molar-refractivity contribution in [2.75, 3.05) is 19.9 Å². The van der Waals surface area contributed by atoms with Crippen molar-refractivity contribution in [2.24, 2.45) is 0 Å². The molecule has 2 nitrogen and oxygen atoms in total. The molecule has 84 valence electrons. The van der Waals surface area contributed by atoms with Crippen LogP contribution in [-0.4, -0.2) is 26.0 Å². The Hall–Kier alpha value is -0.670. The van der Waals surface area contributed by atoms with E-state index in [1.54, 1.807) is 7.11 Å². The molecule has 3 heteroatoms. The van der Waals surface area contributed by atoms with E-state index in [1.165, 1.54) is 4.90 Å². The first-order chi connectivity index (χ1) is 7.30. The van der Waals surface area contributed by atoms with Gasteiger partial charge in [0.25, 0.3) is 0 Å². The van der Waals surface area contributed by atoms with Gasteiger partial charge in [0.15, 0.2) is 0 Å². The van der Waals surface area contributed by atoms with Gasteiger partial charge in [-0.3, -0.25) is 0 Å². The van der Waals surface area contributed by atoms with Crippen LogP contribution in [0.2, 0.25) is 0 Å². The Morgan fingerprint density at radius 1 is 1.47 bits per heavy atom. The average Bonchev–Trinajstić information content (AvgIpc) is 2.31. The van der Waals surface area contributed by atoms with Gasteiger partial charge < -0.3 is 10.1 Å². The van der Waals surface area contributed by atoms with Gasteiger partial charge in [-0.25, -0.2) is 0 Å². The van der Waals surface area contributed by atoms with Crippen LogP contribution in [0.3, 0.4) is 0 Å². The summed E-state index contributed by atoms with van der Waals surface area (Å²) < 4.78 is 5.19. The van der Waals surface area contributed by atoms with E-state index in [1.807, 2.05) is 30.9 Å². The highest BCUT2D eigenvalue weighted by Gasteiger charge is 2.04. The summed E-state index contributed by atoms with van der Waals surface area (Å²) in [4.78, 5) is 1.27. The Morgan fingerprint density at radius 3 is 2.87 bits per heavy atom. The standard InChI is InChI=1S/C12H19NOS/c1-4-10(13-2)9-15-12-7-5-6-11(8-12)14-3/h5-8,10,13H,4,9H2,1-3H3. The van der Waals surface area contributed by atoms with Crippen LogP contribution in [0.15, 0.2) is 29.2 Å². The molecule has 0 aliphatic rings. The summed E-state index contributed by atoms with van der Waals surface area (Å²) in [6, 6.07) is 8.78. The van der Waals surface area contributed by atoms with E-state index in [-0.39, 0.29) is 0 Å². The predicted octanol–water partition coefficient (Wildman–Crippen LogP) is 2.79. The lowest BCUT2D eigenvalue weighted by Gasteiger charge is -2.13. The molecule has 0 saturated carbocycles. The molecule has 1 aromatic rings. The quantitative estimate of drug-likeness (QED) is 0.752. The van der Waals surface area contributed by atoms with Crippen molar-refractivity contribution in [3.05, 3.63) is 24.3 Å². The lowest BCUT2D eigenvalue weighted by Crippen LogP contribution is -2.26. The van der Waals surface area contributed by atoms with Crippen molar-refractivity contribution in [3.8, 4) is 5.75 Å². The summed E-state index contributed by atoms with van der Waals surface area (Å²) in [6.45, 7) is 2.20. The second-order valence-corrected chi connectivity index (χ2v) is 4.48. The smallest absolute Gasteiger partial charge is 0.119 e. The molecule has 0 fully saturated rings. The summed E-state index contributed by atoms with van der Waals surface area (Å²) in [6.07, 6.45) is 1.16. The van der Waals surface area contributed by atoms with Crippen molar-refractivity contribution < 1.29 is 4.74 Å². The van der Waals surface area contributed by atoms with E-state index >= 15 is 0 Å². The Bertz CT molecular complexity index is 287. The lowest BCUT2D eigenvalue weighted by atomic mass is 10.3. The third-order valence-corrected chi connectivity index (χ3v) is 3.55. The van der Waals surface area contributed by atoms with E-state index in [4.69, 9.17) is 4.74 Å². The maximum Gasteiger partial charge on any atom is 0.119 e. The molecule has 1 unspecified atom stereocenters. The van der Waals surface area contributed by atoms with E-state index < -0.39 is 0 Å².